The van der Waals surface area contributed by atoms with E-state index in [1.54, 1.807) is 40.6 Å². The molecule has 3 aromatic rings. The number of hydrogen-bond donors (Lipinski definition) is 0. The summed E-state index contributed by atoms with van der Waals surface area (Å²) in [6, 6.07) is 8.43. The predicted octanol–water partition coefficient (Wildman–Crippen LogP) is 1.08. The van der Waals surface area contributed by atoms with E-state index in [1.807, 2.05) is 0 Å². The van der Waals surface area contributed by atoms with Crippen molar-refractivity contribution in [3.8, 4) is 11.4 Å². The molecule has 0 unspecified atom stereocenters. The molecule has 4 rings (SSSR count). The molecule has 8 nitrogen and oxygen atoms in total. The van der Waals surface area contributed by atoms with Crippen molar-refractivity contribution < 1.29 is 14.3 Å². The second kappa shape index (κ2) is 7.61. The summed E-state index contributed by atoms with van der Waals surface area (Å²) >= 11 is 1.25. The quantitative estimate of drug-likeness (QED) is 0.653. The van der Waals surface area contributed by atoms with E-state index in [1.165, 1.54) is 23.0 Å². The Labute approximate surface area is 164 Å². The van der Waals surface area contributed by atoms with E-state index in [-0.39, 0.29) is 12.5 Å². The van der Waals surface area contributed by atoms with Crippen molar-refractivity contribution in [3.05, 3.63) is 56.5 Å². The number of carbonyl (C=O) groups excluding carboxylic acids is 1. The van der Waals surface area contributed by atoms with Crippen LogP contribution in [0.1, 0.15) is 0 Å². The number of hydrogen-bond acceptors (Lipinski definition) is 6. The van der Waals surface area contributed by atoms with Crippen molar-refractivity contribution in [1.29, 1.82) is 0 Å². The first-order chi connectivity index (χ1) is 13.6. The van der Waals surface area contributed by atoms with Gasteiger partial charge in [-0.05, 0) is 23.6 Å². The van der Waals surface area contributed by atoms with Crippen LogP contribution in [0.4, 0.5) is 0 Å². The zero-order valence-electron chi connectivity index (χ0n) is 15.3. The highest BCUT2D eigenvalue weighted by molar-refractivity contribution is 7.17. The van der Waals surface area contributed by atoms with Crippen molar-refractivity contribution in [3.63, 3.8) is 0 Å². The SMILES string of the molecule is COc1cccc(-n2c(=O)c3sccc3n(CC(=O)N3CCOCC3)c2=O)c1. The molecule has 0 radical (unpaired) electrons. The van der Waals surface area contributed by atoms with Crippen LogP contribution in [0, 0.1) is 0 Å². The Bertz CT molecular complexity index is 1140. The average Bonchev–Trinajstić information content (AvgIpc) is 3.22. The number of carbonyl (C=O) groups is 1. The van der Waals surface area contributed by atoms with Gasteiger partial charge in [-0.3, -0.25) is 14.2 Å². The highest BCUT2D eigenvalue weighted by Gasteiger charge is 2.21. The fraction of sp³-hybridized carbons (Fsp3) is 0.316. The summed E-state index contributed by atoms with van der Waals surface area (Å²) in [5.41, 5.74) is -0.0814. The molecule has 0 aliphatic carbocycles. The number of benzene rings is 1. The van der Waals surface area contributed by atoms with E-state index < -0.39 is 11.2 Å². The highest BCUT2D eigenvalue weighted by atomic mass is 32.1. The molecule has 28 heavy (non-hydrogen) atoms. The molecular weight excluding hydrogens is 382 g/mol. The van der Waals surface area contributed by atoms with Gasteiger partial charge in [0.2, 0.25) is 5.91 Å². The lowest BCUT2D eigenvalue weighted by Gasteiger charge is -2.27. The molecule has 1 amide bonds. The lowest BCUT2D eigenvalue weighted by Crippen LogP contribution is -2.45. The van der Waals surface area contributed by atoms with Crippen molar-refractivity contribution in [2.24, 2.45) is 0 Å². The smallest absolute Gasteiger partial charge is 0.336 e. The lowest BCUT2D eigenvalue weighted by molar-refractivity contribution is -0.135. The molecule has 1 fully saturated rings. The van der Waals surface area contributed by atoms with Crippen LogP contribution in [0.2, 0.25) is 0 Å². The van der Waals surface area contributed by atoms with Gasteiger partial charge in [0, 0.05) is 19.2 Å². The largest absolute Gasteiger partial charge is 0.497 e. The molecule has 0 bridgehead atoms. The van der Waals surface area contributed by atoms with Gasteiger partial charge in [0.1, 0.15) is 17.0 Å². The number of aromatic nitrogens is 2. The molecule has 1 aromatic carbocycles. The normalized spacial score (nSPS) is 14.4. The van der Waals surface area contributed by atoms with Gasteiger partial charge in [0.15, 0.2) is 0 Å². The molecule has 9 heteroatoms. The Balaban J connectivity index is 1.84. The van der Waals surface area contributed by atoms with E-state index in [2.05, 4.69) is 0 Å². The van der Waals surface area contributed by atoms with Gasteiger partial charge in [-0.1, -0.05) is 6.07 Å². The van der Waals surface area contributed by atoms with E-state index in [0.29, 0.717) is 48.0 Å². The van der Waals surface area contributed by atoms with Gasteiger partial charge in [0.05, 0.1) is 31.5 Å². The summed E-state index contributed by atoms with van der Waals surface area (Å²) in [5.74, 6) is 0.361. The number of amides is 1. The van der Waals surface area contributed by atoms with Crippen molar-refractivity contribution in [1.82, 2.24) is 14.0 Å². The molecule has 1 aliphatic rings. The monoisotopic (exact) mass is 401 g/mol. The molecule has 2 aromatic heterocycles. The first kappa shape index (κ1) is 18.5. The van der Waals surface area contributed by atoms with Gasteiger partial charge in [0.25, 0.3) is 5.56 Å². The third kappa shape index (κ3) is 3.23. The molecule has 3 heterocycles. The first-order valence-electron chi connectivity index (χ1n) is 8.83. The molecule has 146 valence electrons. The van der Waals surface area contributed by atoms with Crippen molar-refractivity contribution in [2.45, 2.75) is 6.54 Å². The highest BCUT2D eigenvalue weighted by Crippen LogP contribution is 2.18. The fourth-order valence-electron chi connectivity index (χ4n) is 3.27. The number of fused-ring (bicyclic) bond motifs is 1. The van der Waals surface area contributed by atoms with E-state index >= 15 is 0 Å². The molecule has 0 saturated carbocycles. The predicted molar refractivity (Wildman–Crippen MR) is 106 cm³/mol. The van der Waals surface area contributed by atoms with Gasteiger partial charge in [-0.15, -0.1) is 11.3 Å². The summed E-state index contributed by atoms with van der Waals surface area (Å²) in [5, 5.41) is 1.75. The van der Waals surface area contributed by atoms with Crippen LogP contribution in [-0.2, 0) is 16.1 Å². The first-order valence-corrected chi connectivity index (χ1v) is 9.71. The molecule has 1 saturated heterocycles. The van der Waals surface area contributed by atoms with Gasteiger partial charge in [-0.2, -0.15) is 0 Å². The molecular formula is C19H19N3O5S. The van der Waals surface area contributed by atoms with Crippen LogP contribution in [0.5, 0.6) is 5.75 Å². The average molecular weight is 401 g/mol. The van der Waals surface area contributed by atoms with Crippen LogP contribution in [0.15, 0.2) is 45.3 Å². The summed E-state index contributed by atoms with van der Waals surface area (Å²) in [4.78, 5) is 40.6. The minimum absolute atomic E-state index is 0.129. The van der Waals surface area contributed by atoms with E-state index in [0.717, 1.165) is 4.57 Å². The van der Waals surface area contributed by atoms with Gasteiger partial charge >= 0.3 is 5.69 Å². The molecule has 0 atom stereocenters. The third-order valence-corrected chi connectivity index (χ3v) is 5.62. The van der Waals surface area contributed by atoms with Crippen molar-refractivity contribution >= 4 is 27.5 Å². The summed E-state index contributed by atoms with van der Waals surface area (Å²) in [6.07, 6.45) is 0. The number of morpholine rings is 1. The summed E-state index contributed by atoms with van der Waals surface area (Å²) in [6.45, 7) is 1.83. The van der Waals surface area contributed by atoms with E-state index in [4.69, 9.17) is 9.47 Å². The Morgan fingerprint density at radius 3 is 2.75 bits per heavy atom. The number of nitrogens with zero attached hydrogens (tertiary/aromatic N) is 3. The topological polar surface area (TPSA) is 82.8 Å². The van der Waals surface area contributed by atoms with Crippen LogP contribution in [-0.4, -0.2) is 53.4 Å². The van der Waals surface area contributed by atoms with Gasteiger partial charge < -0.3 is 14.4 Å². The van der Waals surface area contributed by atoms with Gasteiger partial charge in [-0.25, -0.2) is 9.36 Å². The molecule has 0 N–H and O–H groups in total. The Morgan fingerprint density at radius 2 is 2.00 bits per heavy atom. The van der Waals surface area contributed by atoms with Crippen LogP contribution in [0.25, 0.3) is 15.9 Å². The molecule has 0 spiro atoms. The van der Waals surface area contributed by atoms with Crippen LogP contribution >= 0.6 is 11.3 Å². The number of thiophene rings is 1. The second-order valence-electron chi connectivity index (χ2n) is 6.34. The number of ether oxygens (including phenoxy) is 2. The Hall–Kier alpha value is -2.91. The zero-order valence-corrected chi connectivity index (χ0v) is 16.1. The van der Waals surface area contributed by atoms with Crippen LogP contribution < -0.4 is 16.0 Å². The third-order valence-electron chi connectivity index (χ3n) is 4.72. The Morgan fingerprint density at radius 1 is 1.21 bits per heavy atom. The lowest BCUT2D eigenvalue weighted by atomic mass is 10.3. The Kier molecular flexibility index (Phi) is 5.01. The maximum atomic E-state index is 13.2. The second-order valence-corrected chi connectivity index (χ2v) is 7.26. The maximum absolute atomic E-state index is 13.2. The van der Waals surface area contributed by atoms with Crippen LogP contribution in [0.3, 0.4) is 0 Å². The zero-order chi connectivity index (χ0) is 19.7. The minimum Gasteiger partial charge on any atom is -0.497 e. The summed E-state index contributed by atoms with van der Waals surface area (Å²) < 4.78 is 13.4. The maximum Gasteiger partial charge on any atom is 0.336 e. The summed E-state index contributed by atoms with van der Waals surface area (Å²) in [7, 11) is 1.52. The standard InChI is InChI=1S/C19H19N3O5S/c1-26-14-4-2-3-13(11-14)22-18(24)17-15(5-10-28-17)21(19(22)25)12-16(23)20-6-8-27-9-7-20/h2-5,10-11H,6-9,12H2,1H3. The minimum atomic E-state index is -0.550. The number of methoxy groups -OCH3 is 1. The number of rotatable bonds is 4. The van der Waals surface area contributed by atoms with E-state index in [9.17, 15) is 14.4 Å². The molecule has 1 aliphatic heterocycles. The van der Waals surface area contributed by atoms with Crippen molar-refractivity contribution in [2.75, 3.05) is 33.4 Å². The fourth-order valence-corrected chi connectivity index (χ4v) is 4.09.